The van der Waals surface area contributed by atoms with Crippen LogP contribution in [0.1, 0.15) is 11.1 Å². The lowest BCUT2D eigenvalue weighted by Crippen LogP contribution is -2.22. The van der Waals surface area contributed by atoms with E-state index in [1.165, 1.54) is 18.2 Å². The van der Waals surface area contributed by atoms with Crippen LogP contribution in [0.5, 0.6) is 0 Å². The molecule has 0 aliphatic rings. The third-order valence-electron chi connectivity index (χ3n) is 3.38. The lowest BCUT2D eigenvalue weighted by molar-refractivity contribution is 0.491. The maximum absolute atomic E-state index is 13.4. The minimum atomic E-state index is -0.232. The summed E-state index contributed by atoms with van der Waals surface area (Å²) >= 11 is 3.32. The zero-order valence-corrected chi connectivity index (χ0v) is 13.5. The normalized spacial score (nSPS) is 12.4. The van der Waals surface area contributed by atoms with Crippen LogP contribution in [0.25, 0.3) is 0 Å². The second-order valence-corrected chi connectivity index (χ2v) is 6.15. The fourth-order valence-electron chi connectivity index (χ4n) is 2.52. The van der Waals surface area contributed by atoms with Crippen molar-refractivity contribution in [2.24, 2.45) is 5.92 Å². The van der Waals surface area contributed by atoms with Crippen molar-refractivity contribution >= 4 is 15.9 Å². The standard InChI is InChI=1S/C17H18BrF2N/c1-21-11-14(6-12-2-4-16(19)5-3-12)7-13-8-15(18)10-17(20)9-13/h2-5,8-10,14,21H,6-7,11H2,1H3. The Morgan fingerprint density at radius 3 is 2.24 bits per heavy atom. The van der Waals surface area contributed by atoms with Gasteiger partial charge in [0.2, 0.25) is 0 Å². The van der Waals surface area contributed by atoms with Crippen LogP contribution in [0.2, 0.25) is 0 Å². The second-order valence-electron chi connectivity index (χ2n) is 5.24. The highest BCUT2D eigenvalue weighted by Crippen LogP contribution is 2.20. The molecule has 2 aromatic carbocycles. The summed E-state index contributed by atoms with van der Waals surface area (Å²) in [6.45, 7) is 0.825. The number of nitrogens with one attached hydrogen (secondary N) is 1. The van der Waals surface area contributed by atoms with Crippen LogP contribution in [0.3, 0.4) is 0 Å². The van der Waals surface area contributed by atoms with Crippen LogP contribution < -0.4 is 5.32 Å². The van der Waals surface area contributed by atoms with Gasteiger partial charge >= 0.3 is 0 Å². The van der Waals surface area contributed by atoms with Crippen molar-refractivity contribution in [2.75, 3.05) is 13.6 Å². The molecule has 2 aromatic rings. The van der Waals surface area contributed by atoms with E-state index < -0.39 is 0 Å². The van der Waals surface area contributed by atoms with Gasteiger partial charge in [0, 0.05) is 4.47 Å². The highest BCUT2D eigenvalue weighted by Gasteiger charge is 2.11. The fraction of sp³-hybridized carbons (Fsp3) is 0.294. The molecule has 0 heterocycles. The summed E-state index contributed by atoms with van der Waals surface area (Å²) in [5, 5.41) is 3.17. The van der Waals surface area contributed by atoms with E-state index in [2.05, 4.69) is 21.2 Å². The van der Waals surface area contributed by atoms with Gasteiger partial charge in [-0.2, -0.15) is 0 Å². The Morgan fingerprint density at radius 1 is 0.952 bits per heavy atom. The minimum absolute atomic E-state index is 0.224. The molecule has 0 bridgehead atoms. The molecule has 0 radical (unpaired) electrons. The molecule has 21 heavy (non-hydrogen) atoms. The predicted octanol–water partition coefficient (Wildman–Crippen LogP) is 4.35. The van der Waals surface area contributed by atoms with E-state index in [1.807, 2.05) is 13.1 Å². The summed E-state index contributed by atoms with van der Waals surface area (Å²) in [6, 6.07) is 11.5. The largest absolute Gasteiger partial charge is 0.319 e. The Bertz CT molecular complexity index is 564. The van der Waals surface area contributed by atoms with Crippen molar-refractivity contribution in [1.82, 2.24) is 5.32 Å². The van der Waals surface area contributed by atoms with Gasteiger partial charge in [-0.1, -0.05) is 28.1 Å². The van der Waals surface area contributed by atoms with Crippen molar-refractivity contribution in [3.05, 3.63) is 69.7 Å². The highest BCUT2D eigenvalue weighted by molar-refractivity contribution is 9.10. The Labute approximate surface area is 132 Å². The third-order valence-corrected chi connectivity index (χ3v) is 3.83. The van der Waals surface area contributed by atoms with Crippen molar-refractivity contribution in [3.63, 3.8) is 0 Å². The number of benzene rings is 2. The lowest BCUT2D eigenvalue weighted by atomic mass is 9.92. The molecule has 1 nitrogen and oxygen atoms in total. The van der Waals surface area contributed by atoms with Gasteiger partial charge in [-0.25, -0.2) is 8.78 Å². The molecule has 112 valence electrons. The van der Waals surface area contributed by atoms with Crippen molar-refractivity contribution < 1.29 is 8.78 Å². The molecule has 0 spiro atoms. The highest BCUT2D eigenvalue weighted by atomic mass is 79.9. The van der Waals surface area contributed by atoms with E-state index in [1.54, 1.807) is 18.2 Å². The Balaban J connectivity index is 2.09. The van der Waals surface area contributed by atoms with Gasteiger partial charge in [-0.3, -0.25) is 0 Å². The Hall–Kier alpha value is -1.26. The van der Waals surface area contributed by atoms with E-state index in [4.69, 9.17) is 0 Å². The number of halogens is 3. The van der Waals surface area contributed by atoms with E-state index in [0.29, 0.717) is 5.92 Å². The van der Waals surface area contributed by atoms with Gasteiger partial charge in [-0.15, -0.1) is 0 Å². The SMILES string of the molecule is CNCC(Cc1ccc(F)cc1)Cc1cc(F)cc(Br)c1. The van der Waals surface area contributed by atoms with Gasteiger partial charge in [0.25, 0.3) is 0 Å². The maximum atomic E-state index is 13.4. The molecule has 0 aliphatic heterocycles. The third kappa shape index (κ3) is 5.21. The summed E-state index contributed by atoms with van der Waals surface area (Å²) in [4.78, 5) is 0. The van der Waals surface area contributed by atoms with Crippen molar-refractivity contribution in [3.8, 4) is 0 Å². The summed E-state index contributed by atoms with van der Waals surface area (Å²) in [6.07, 6.45) is 1.60. The molecule has 1 unspecified atom stereocenters. The molecule has 0 amide bonds. The molecule has 0 saturated carbocycles. The molecule has 0 fully saturated rings. The zero-order valence-electron chi connectivity index (χ0n) is 11.9. The van der Waals surface area contributed by atoms with Gasteiger partial charge in [0.15, 0.2) is 0 Å². The van der Waals surface area contributed by atoms with Crippen molar-refractivity contribution in [1.29, 1.82) is 0 Å². The van der Waals surface area contributed by atoms with Crippen LogP contribution >= 0.6 is 15.9 Å². The van der Waals surface area contributed by atoms with Gasteiger partial charge < -0.3 is 5.32 Å². The zero-order chi connectivity index (χ0) is 15.2. The van der Waals surface area contributed by atoms with Crippen LogP contribution in [-0.2, 0) is 12.8 Å². The van der Waals surface area contributed by atoms with Gasteiger partial charge in [-0.05, 0) is 73.8 Å². The average molecular weight is 354 g/mol. The molecule has 2 rings (SSSR count). The lowest BCUT2D eigenvalue weighted by Gasteiger charge is -2.17. The first-order chi connectivity index (χ1) is 10.1. The van der Waals surface area contributed by atoms with Gasteiger partial charge in [0.05, 0.1) is 0 Å². The summed E-state index contributed by atoms with van der Waals surface area (Å²) < 4.78 is 27.1. The number of hydrogen-bond acceptors (Lipinski definition) is 1. The molecule has 1 atom stereocenters. The van der Waals surface area contributed by atoms with Crippen LogP contribution in [-0.4, -0.2) is 13.6 Å². The molecule has 0 saturated heterocycles. The number of rotatable bonds is 6. The van der Waals surface area contributed by atoms with E-state index in [9.17, 15) is 8.78 Å². The summed E-state index contributed by atoms with van der Waals surface area (Å²) in [7, 11) is 1.90. The van der Waals surface area contributed by atoms with Crippen LogP contribution in [0.4, 0.5) is 8.78 Å². The molecule has 0 aromatic heterocycles. The first-order valence-corrected chi connectivity index (χ1v) is 7.70. The monoisotopic (exact) mass is 353 g/mol. The molecule has 1 N–H and O–H groups in total. The number of hydrogen-bond donors (Lipinski definition) is 1. The minimum Gasteiger partial charge on any atom is -0.319 e. The van der Waals surface area contributed by atoms with E-state index >= 15 is 0 Å². The smallest absolute Gasteiger partial charge is 0.124 e. The first kappa shape index (κ1) is 16.1. The summed E-state index contributed by atoms with van der Waals surface area (Å²) in [5.74, 6) is -0.128. The second kappa shape index (κ2) is 7.66. The Morgan fingerprint density at radius 2 is 1.62 bits per heavy atom. The van der Waals surface area contributed by atoms with Crippen LogP contribution in [0, 0.1) is 17.6 Å². The Kier molecular flexibility index (Phi) is 5.88. The maximum Gasteiger partial charge on any atom is 0.124 e. The predicted molar refractivity (Wildman–Crippen MR) is 85.3 cm³/mol. The summed E-state index contributed by atoms with van der Waals surface area (Å²) in [5.41, 5.74) is 2.05. The van der Waals surface area contributed by atoms with Crippen LogP contribution in [0.15, 0.2) is 46.9 Å². The quantitative estimate of drug-likeness (QED) is 0.813. The molecule has 4 heteroatoms. The van der Waals surface area contributed by atoms with E-state index in [0.717, 1.165) is 35.0 Å². The first-order valence-electron chi connectivity index (χ1n) is 6.91. The van der Waals surface area contributed by atoms with Crippen molar-refractivity contribution in [2.45, 2.75) is 12.8 Å². The fourth-order valence-corrected chi connectivity index (χ4v) is 3.03. The molecular formula is C17H18BrF2N. The topological polar surface area (TPSA) is 12.0 Å². The molecular weight excluding hydrogens is 336 g/mol. The van der Waals surface area contributed by atoms with Gasteiger partial charge in [0.1, 0.15) is 11.6 Å². The average Bonchev–Trinajstić information content (AvgIpc) is 2.40. The molecule has 0 aliphatic carbocycles. The van der Waals surface area contributed by atoms with E-state index in [-0.39, 0.29) is 11.6 Å².